The lowest BCUT2D eigenvalue weighted by Gasteiger charge is -2.29. The third-order valence-corrected chi connectivity index (χ3v) is 4.42. The number of nitrogens with two attached hydrogens (primary N) is 1. The Kier molecular flexibility index (Phi) is 4.40. The van der Waals surface area contributed by atoms with Crippen LogP contribution in [0.15, 0.2) is 53.4 Å². The van der Waals surface area contributed by atoms with Crippen LogP contribution < -0.4 is 25.2 Å². The van der Waals surface area contributed by atoms with Gasteiger partial charge in [-0.15, -0.1) is 0 Å². The molecule has 0 saturated heterocycles. The summed E-state index contributed by atoms with van der Waals surface area (Å²) in [6.07, 6.45) is -5.15. The normalized spacial score (nSPS) is 15.3. The van der Waals surface area contributed by atoms with E-state index in [1.165, 1.54) is 36.4 Å². The predicted molar refractivity (Wildman–Crippen MR) is 86.5 cm³/mol. The van der Waals surface area contributed by atoms with E-state index in [9.17, 15) is 26.4 Å². The molecule has 0 spiro atoms. The fraction of sp³-hybridized carbons (Fsp3) is 0.133. The fourth-order valence-corrected chi connectivity index (χ4v) is 3.00. The molecule has 0 atom stereocenters. The Hall–Kier alpha value is -2.99. The number of fused-ring (bicyclic) bond motifs is 1. The number of benzene rings is 2. The van der Waals surface area contributed by atoms with Gasteiger partial charge in [0.05, 0.1) is 5.69 Å². The molecule has 0 aromatic heterocycles. The molecule has 8 nitrogen and oxygen atoms in total. The van der Waals surface area contributed by atoms with Gasteiger partial charge in [-0.3, -0.25) is 5.32 Å². The van der Waals surface area contributed by atoms with Crippen LogP contribution in [-0.2, 0) is 10.0 Å². The highest BCUT2D eigenvalue weighted by Gasteiger charge is 2.65. The zero-order chi connectivity index (χ0) is 19.9. The number of hydrogen-bond donors (Lipinski definition) is 3. The first-order valence-corrected chi connectivity index (χ1v) is 8.81. The van der Waals surface area contributed by atoms with Gasteiger partial charge in [0.15, 0.2) is 11.5 Å². The van der Waals surface area contributed by atoms with Crippen LogP contribution in [0.1, 0.15) is 0 Å². The van der Waals surface area contributed by atoms with Gasteiger partial charge in [0, 0.05) is 0 Å². The molecule has 3 rings (SSSR count). The van der Waals surface area contributed by atoms with Crippen LogP contribution in [0.3, 0.4) is 0 Å². The molecule has 0 unspecified atom stereocenters. The molecule has 4 N–H and O–H groups in total. The molecule has 0 aliphatic carbocycles. The minimum Gasteiger partial charge on any atom is -0.424 e. The van der Waals surface area contributed by atoms with Crippen molar-refractivity contribution in [1.82, 2.24) is 5.32 Å². The topological polar surface area (TPSA) is 120 Å². The number of carbonyl (C=O) groups is 1. The third kappa shape index (κ3) is 3.61. The van der Waals surface area contributed by atoms with Crippen LogP contribution in [0.4, 0.5) is 23.7 Å². The smallest absolute Gasteiger partial charge is 0.424 e. The van der Waals surface area contributed by atoms with Gasteiger partial charge in [0.25, 0.3) is 0 Å². The summed E-state index contributed by atoms with van der Waals surface area (Å²) in [6, 6.07) is 8.84. The van der Waals surface area contributed by atoms with E-state index in [-0.39, 0.29) is 17.2 Å². The van der Waals surface area contributed by atoms with Crippen LogP contribution in [0.25, 0.3) is 0 Å². The second-order valence-electron chi connectivity index (χ2n) is 5.39. The maximum absolute atomic E-state index is 13.5. The molecule has 1 heterocycles. The molecule has 12 heteroatoms. The minimum atomic E-state index is -5.15. The van der Waals surface area contributed by atoms with Gasteiger partial charge in [-0.05, 0) is 24.3 Å². The van der Waals surface area contributed by atoms with E-state index in [2.05, 4.69) is 0 Å². The van der Waals surface area contributed by atoms with Crippen molar-refractivity contribution in [3.63, 3.8) is 0 Å². The molecular formula is C15H12F3N3O5S. The van der Waals surface area contributed by atoms with Crippen LogP contribution >= 0.6 is 0 Å². The van der Waals surface area contributed by atoms with E-state index in [1.54, 1.807) is 5.32 Å². The second kappa shape index (κ2) is 6.32. The summed E-state index contributed by atoms with van der Waals surface area (Å²) in [5, 5.41) is 8.57. The average Bonchev–Trinajstić information content (AvgIpc) is 2.93. The van der Waals surface area contributed by atoms with Gasteiger partial charge in [-0.1, -0.05) is 24.3 Å². The minimum absolute atomic E-state index is 0.222. The van der Waals surface area contributed by atoms with E-state index in [1.807, 2.05) is 5.32 Å². The molecular weight excluding hydrogens is 391 g/mol. The summed E-state index contributed by atoms with van der Waals surface area (Å²) in [4.78, 5) is 11.7. The lowest BCUT2D eigenvalue weighted by atomic mass is 10.3. The summed E-state index contributed by atoms with van der Waals surface area (Å²) in [6.45, 7) is 0. The predicted octanol–water partition coefficient (Wildman–Crippen LogP) is 2.14. The number of sulfonamides is 1. The summed E-state index contributed by atoms with van der Waals surface area (Å²) in [5.74, 6) is -3.92. The maximum Gasteiger partial charge on any atom is 0.492 e. The standard InChI is InChI=1S/C15H12F3N3O5S/c16-14(17,18)15(25-10-6-2-3-7-11(10)26-15)21-13(22)20-9-5-1-4-8-12(9)27(19,23)24/h1-8H,(H2,19,23,24)(H2,20,21,22). The summed E-state index contributed by atoms with van der Waals surface area (Å²) in [7, 11) is -4.22. The molecule has 2 aromatic rings. The van der Waals surface area contributed by atoms with Crippen molar-refractivity contribution < 1.29 is 35.9 Å². The molecule has 2 amide bonds. The first kappa shape index (κ1) is 18.8. The van der Waals surface area contributed by atoms with E-state index < -0.39 is 33.0 Å². The zero-order valence-corrected chi connectivity index (χ0v) is 14.1. The van der Waals surface area contributed by atoms with Crippen LogP contribution in [-0.4, -0.2) is 26.5 Å². The summed E-state index contributed by atoms with van der Waals surface area (Å²) < 4.78 is 73.3. The molecule has 27 heavy (non-hydrogen) atoms. The van der Waals surface area contributed by atoms with Gasteiger partial charge in [0.2, 0.25) is 10.0 Å². The number of carbonyl (C=O) groups excluding carboxylic acids is 1. The Balaban J connectivity index is 1.87. The van der Waals surface area contributed by atoms with E-state index >= 15 is 0 Å². The van der Waals surface area contributed by atoms with Crippen LogP contribution in [0.5, 0.6) is 11.5 Å². The Labute approximate surface area is 151 Å². The highest BCUT2D eigenvalue weighted by Crippen LogP contribution is 2.44. The van der Waals surface area contributed by atoms with Crippen molar-refractivity contribution in [3.8, 4) is 11.5 Å². The van der Waals surface area contributed by atoms with Gasteiger partial charge in [-0.2, -0.15) is 13.2 Å². The van der Waals surface area contributed by atoms with Crippen molar-refractivity contribution in [2.75, 3.05) is 5.32 Å². The van der Waals surface area contributed by atoms with Gasteiger partial charge >= 0.3 is 18.1 Å². The zero-order valence-electron chi connectivity index (χ0n) is 13.3. The highest BCUT2D eigenvalue weighted by molar-refractivity contribution is 7.89. The van der Waals surface area contributed by atoms with Crippen molar-refractivity contribution >= 4 is 21.7 Å². The number of rotatable bonds is 3. The van der Waals surface area contributed by atoms with Crippen molar-refractivity contribution in [1.29, 1.82) is 0 Å². The van der Waals surface area contributed by atoms with Crippen molar-refractivity contribution in [2.24, 2.45) is 5.14 Å². The van der Waals surface area contributed by atoms with Crippen molar-refractivity contribution in [2.45, 2.75) is 17.0 Å². The number of amides is 2. The van der Waals surface area contributed by atoms with Gasteiger partial charge < -0.3 is 14.8 Å². The first-order chi connectivity index (χ1) is 12.5. The molecule has 2 aromatic carbocycles. The number of nitrogens with one attached hydrogen (secondary N) is 2. The van der Waals surface area contributed by atoms with Gasteiger partial charge in [0.1, 0.15) is 4.90 Å². The largest absolute Gasteiger partial charge is 0.492 e. The molecule has 0 fully saturated rings. The molecule has 0 bridgehead atoms. The molecule has 0 saturated carbocycles. The lowest BCUT2D eigenvalue weighted by Crippen LogP contribution is -2.65. The Morgan fingerprint density at radius 3 is 2.04 bits per heavy atom. The highest BCUT2D eigenvalue weighted by atomic mass is 32.2. The third-order valence-electron chi connectivity index (χ3n) is 3.45. The summed E-state index contributed by atoms with van der Waals surface area (Å²) in [5.41, 5.74) is -0.315. The van der Waals surface area contributed by atoms with Crippen LogP contribution in [0, 0.1) is 0 Å². The number of primary sulfonamides is 1. The second-order valence-corrected chi connectivity index (χ2v) is 6.92. The summed E-state index contributed by atoms with van der Waals surface area (Å²) >= 11 is 0. The quantitative estimate of drug-likeness (QED) is 0.725. The van der Waals surface area contributed by atoms with E-state index in [0.29, 0.717) is 0 Å². The number of para-hydroxylation sites is 3. The molecule has 1 aliphatic heterocycles. The number of halogens is 3. The average molecular weight is 403 g/mol. The Bertz CT molecular complexity index is 969. The molecule has 1 aliphatic rings. The monoisotopic (exact) mass is 403 g/mol. The number of urea groups is 1. The Morgan fingerprint density at radius 2 is 1.52 bits per heavy atom. The molecule has 144 valence electrons. The van der Waals surface area contributed by atoms with Crippen LogP contribution in [0.2, 0.25) is 0 Å². The SMILES string of the molecule is NS(=O)(=O)c1ccccc1NC(=O)NC1(C(F)(F)F)Oc2ccccc2O1. The maximum atomic E-state index is 13.5. The number of anilines is 1. The Morgan fingerprint density at radius 1 is 1.00 bits per heavy atom. The fourth-order valence-electron chi connectivity index (χ4n) is 2.31. The number of alkyl halides is 3. The van der Waals surface area contributed by atoms with E-state index in [0.717, 1.165) is 12.1 Å². The van der Waals surface area contributed by atoms with Crippen molar-refractivity contribution in [3.05, 3.63) is 48.5 Å². The van der Waals surface area contributed by atoms with Gasteiger partial charge in [-0.25, -0.2) is 18.4 Å². The number of ether oxygens (including phenoxy) is 2. The van der Waals surface area contributed by atoms with E-state index in [4.69, 9.17) is 14.6 Å². The first-order valence-electron chi connectivity index (χ1n) is 7.27. The lowest BCUT2D eigenvalue weighted by molar-refractivity contribution is -0.317. The molecule has 0 radical (unpaired) electrons. The number of hydrogen-bond acceptors (Lipinski definition) is 5.